The molecule has 1 aliphatic carbocycles. The van der Waals surface area contributed by atoms with Gasteiger partial charge in [0.1, 0.15) is 11.3 Å². The van der Waals surface area contributed by atoms with E-state index in [1.807, 2.05) is 42.5 Å². The highest BCUT2D eigenvalue weighted by atomic mass is 16.6. The molecule has 0 bridgehead atoms. The van der Waals surface area contributed by atoms with Gasteiger partial charge in [-0.1, -0.05) is 36.8 Å². The lowest BCUT2D eigenvalue weighted by atomic mass is 9.79. The highest BCUT2D eigenvalue weighted by molar-refractivity contribution is 6.01. The van der Waals surface area contributed by atoms with Crippen LogP contribution < -0.4 is 5.32 Å². The number of aromatic nitrogens is 2. The minimum absolute atomic E-state index is 0.336. The molecule has 3 aliphatic rings. The summed E-state index contributed by atoms with van der Waals surface area (Å²) in [5.74, 6) is -0.401. The molecule has 0 saturated heterocycles. The molecule has 7 nitrogen and oxygen atoms in total. The van der Waals surface area contributed by atoms with Crippen molar-refractivity contribution in [1.82, 2.24) is 14.7 Å². The first-order chi connectivity index (χ1) is 14.2. The number of nitrogens with zero attached hydrogens (tertiary/aromatic N) is 3. The minimum Gasteiger partial charge on any atom is -0.449 e. The fourth-order valence-corrected chi connectivity index (χ4v) is 4.44. The summed E-state index contributed by atoms with van der Waals surface area (Å²) in [5, 5.41) is 7.15. The van der Waals surface area contributed by atoms with E-state index in [1.54, 1.807) is 17.1 Å². The van der Waals surface area contributed by atoms with Gasteiger partial charge in [0.15, 0.2) is 0 Å². The maximum Gasteiger partial charge on any atom is 0.356 e. The van der Waals surface area contributed by atoms with Gasteiger partial charge < -0.3 is 10.1 Å². The molecule has 0 radical (unpaired) electrons. The van der Waals surface area contributed by atoms with Crippen molar-refractivity contribution in [3.8, 4) is 5.69 Å². The predicted octanol–water partition coefficient (Wildman–Crippen LogP) is 3.79. The fourth-order valence-electron chi connectivity index (χ4n) is 4.44. The van der Waals surface area contributed by atoms with E-state index in [-0.39, 0.29) is 6.03 Å². The molecule has 5 rings (SSSR count). The molecule has 3 heterocycles. The number of hydrogen-bond acceptors (Lipinski definition) is 4. The molecule has 2 aliphatic heterocycles. The zero-order valence-electron chi connectivity index (χ0n) is 16.0. The van der Waals surface area contributed by atoms with Crippen LogP contribution in [0.1, 0.15) is 32.1 Å². The number of nitrogens with one attached hydrogen (secondary N) is 1. The maximum atomic E-state index is 13.0. The summed E-state index contributed by atoms with van der Waals surface area (Å²) in [6, 6.07) is 9.29. The van der Waals surface area contributed by atoms with Crippen LogP contribution >= 0.6 is 0 Å². The Hall–Kier alpha value is -3.35. The number of amides is 2. The second-order valence-corrected chi connectivity index (χ2v) is 7.66. The van der Waals surface area contributed by atoms with E-state index in [0.29, 0.717) is 17.9 Å². The van der Waals surface area contributed by atoms with Crippen LogP contribution in [0.15, 0.2) is 66.1 Å². The molecule has 2 aromatic rings. The molecule has 0 unspecified atom stereocenters. The van der Waals surface area contributed by atoms with E-state index in [2.05, 4.69) is 10.4 Å². The highest BCUT2D eigenvalue weighted by Gasteiger charge is 2.50. The molecule has 1 fully saturated rings. The van der Waals surface area contributed by atoms with Gasteiger partial charge in [0.25, 0.3) is 0 Å². The maximum absolute atomic E-state index is 13.0. The number of carbonyl (C=O) groups is 2. The molecular weight excluding hydrogens is 368 g/mol. The van der Waals surface area contributed by atoms with Gasteiger partial charge in [-0.3, -0.25) is 4.90 Å². The Morgan fingerprint density at radius 1 is 1.14 bits per heavy atom. The quantitative estimate of drug-likeness (QED) is 0.792. The summed E-state index contributed by atoms with van der Waals surface area (Å²) in [6.45, 7) is 0.336. The van der Waals surface area contributed by atoms with E-state index in [1.165, 1.54) is 4.90 Å². The van der Waals surface area contributed by atoms with E-state index < -0.39 is 11.6 Å². The normalized spacial score (nSPS) is 20.0. The van der Waals surface area contributed by atoms with Gasteiger partial charge in [0, 0.05) is 12.1 Å². The van der Waals surface area contributed by atoms with Crippen molar-refractivity contribution in [2.45, 2.75) is 37.7 Å². The Labute approximate surface area is 168 Å². The van der Waals surface area contributed by atoms with Gasteiger partial charge in [-0.25, -0.2) is 14.3 Å². The SMILES string of the molecule is O=C1OC2(CCCCC2)C2=C1N(C(=O)Nc1cnn(-c3ccccc3)c1)CC=C2. The van der Waals surface area contributed by atoms with Crippen LogP contribution in [0, 0.1) is 0 Å². The fraction of sp³-hybridized carbons (Fsp3) is 0.318. The number of urea groups is 1. The van der Waals surface area contributed by atoms with Crippen molar-refractivity contribution >= 4 is 17.7 Å². The molecule has 0 atom stereocenters. The van der Waals surface area contributed by atoms with Crippen LogP contribution in [0.2, 0.25) is 0 Å². The van der Waals surface area contributed by atoms with Crippen LogP contribution in [0.5, 0.6) is 0 Å². The second kappa shape index (κ2) is 6.92. The van der Waals surface area contributed by atoms with Gasteiger partial charge >= 0.3 is 12.0 Å². The zero-order valence-corrected chi connectivity index (χ0v) is 16.0. The van der Waals surface area contributed by atoms with Crippen molar-refractivity contribution in [2.24, 2.45) is 0 Å². The van der Waals surface area contributed by atoms with Crippen molar-refractivity contribution in [2.75, 3.05) is 11.9 Å². The summed E-state index contributed by atoms with van der Waals surface area (Å²) >= 11 is 0. The number of rotatable bonds is 2. The lowest BCUT2D eigenvalue weighted by Crippen LogP contribution is -2.38. The van der Waals surface area contributed by atoms with E-state index >= 15 is 0 Å². The monoisotopic (exact) mass is 390 g/mol. The minimum atomic E-state index is -0.557. The van der Waals surface area contributed by atoms with Gasteiger partial charge in [-0.05, 0) is 37.8 Å². The average molecular weight is 390 g/mol. The average Bonchev–Trinajstić information content (AvgIpc) is 3.32. The van der Waals surface area contributed by atoms with E-state index in [0.717, 1.165) is 43.4 Å². The number of hydrogen-bond donors (Lipinski definition) is 1. The zero-order chi connectivity index (χ0) is 19.8. The van der Waals surface area contributed by atoms with Crippen LogP contribution in [0.25, 0.3) is 5.69 Å². The number of para-hydroxylation sites is 1. The first-order valence-corrected chi connectivity index (χ1v) is 10.00. The standard InChI is InChI=1S/C22H22N4O3/c27-20-19-18(22(29-20)11-5-2-6-12-22)10-7-13-25(19)21(28)24-16-14-23-26(15-16)17-8-3-1-4-9-17/h1,3-4,7-10,14-15H,2,5-6,11-13H2,(H,24,28). The third-order valence-electron chi connectivity index (χ3n) is 5.83. The molecule has 7 heteroatoms. The first kappa shape index (κ1) is 17.7. The lowest BCUT2D eigenvalue weighted by Gasteiger charge is -2.34. The van der Waals surface area contributed by atoms with Crippen LogP contribution in [-0.2, 0) is 9.53 Å². The molecule has 1 saturated carbocycles. The number of anilines is 1. The Morgan fingerprint density at radius 3 is 2.72 bits per heavy atom. The lowest BCUT2D eigenvalue weighted by molar-refractivity contribution is -0.149. The summed E-state index contributed by atoms with van der Waals surface area (Å²) in [6.07, 6.45) is 12.1. The highest BCUT2D eigenvalue weighted by Crippen LogP contribution is 2.46. The van der Waals surface area contributed by atoms with E-state index in [9.17, 15) is 9.59 Å². The largest absolute Gasteiger partial charge is 0.449 e. The number of ether oxygens (including phenoxy) is 1. The smallest absolute Gasteiger partial charge is 0.356 e. The van der Waals surface area contributed by atoms with Crippen molar-refractivity contribution in [3.05, 3.63) is 66.1 Å². The van der Waals surface area contributed by atoms with Crippen LogP contribution in [0.3, 0.4) is 0 Å². The number of fused-ring (bicyclic) bond motifs is 1. The van der Waals surface area contributed by atoms with Gasteiger partial charge in [0.05, 0.1) is 23.8 Å². The molecule has 1 aromatic carbocycles. The van der Waals surface area contributed by atoms with Crippen LogP contribution in [0.4, 0.5) is 10.5 Å². The molecular formula is C22H22N4O3. The molecule has 148 valence electrons. The molecule has 2 amide bonds. The van der Waals surface area contributed by atoms with Crippen molar-refractivity contribution in [3.63, 3.8) is 0 Å². The van der Waals surface area contributed by atoms with Gasteiger partial charge in [-0.15, -0.1) is 0 Å². The van der Waals surface area contributed by atoms with Gasteiger partial charge in [0.2, 0.25) is 0 Å². The summed E-state index contributed by atoms with van der Waals surface area (Å²) in [7, 11) is 0. The number of carbonyl (C=O) groups excluding carboxylic acids is 2. The van der Waals surface area contributed by atoms with Crippen LogP contribution in [-0.4, -0.2) is 38.8 Å². The predicted molar refractivity (Wildman–Crippen MR) is 107 cm³/mol. The van der Waals surface area contributed by atoms with E-state index in [4.69, 9.17) is 4.74 Å². The van der Waals surface area contributed by atoms with Crippen molar-refractivity contribution in [1.29, 1.82) is 0 Å². The Balaban J connectivity index is 1.38. The van der Waals surface area contributed by atoms with Gasteiger partial charge in [-0.2, -0.15) is 5.10 Å². The third-order valence-corrected chi connectivity index (χ3v) is 5.83. The molecule has 1 spiro atoms. The third kappa shape index (κ3) is 3.03. The molecule has 1 aromatic heterocycles. The number of esters is 1. The Kier molecular flexibility index (Phi) is 4.23. The van der Waals surface area contributed by atoms with Crippen molar-refractivity contribution < 1.29 is 14.3 Å². The summed E-state index contributed by atoms with van der Waals surface area (Å²) < 4.78 is 7.52. The topological polar surface area (TPSA) is 76.5 Å². The first-order valence-electron chi connectivity index (χ1n) is 10.00. The summed E-state index contributed by atoms with van der Waals surface area (Å²) in [5.41, 5.74) is 2.14. The Morgan fingerprint density at radius 2 is 1.93 bits per heavy atom. The number of benzene rings is 1. The molecule has 1 N–H and O–H groups in total. The second-order valence-electron chi connectivity index (χ2n) is 7.66. The summed E-state index contributed by atoms with van der Waals surface area (Å²) in [4.78, 5) is 27.1. The molecule has 29 heavy (non-hydrogen) atoms. The Bertz CT molecular complexity index is 1020.